The zero-order valence-corrected chi connectivity index (χ0v) is 17.5. The van der Waals surface area contributed by atoms with E-state index in [9.17, 15) is 5.11 Å². The predicted molar refractivity (Wildman–Crippen MR) is 112 cm³/mol. The van der Waals surface area contributed by atoms with Crippen molar-refractivity contribution in [1.82, 2.24) is 29.9 Å². The fourth-order valence-electron chi connectivity index (χ4n) is 3.87. The fourth-order valence-corrected chi connectivity index (χ4v) is 4.05. The van der Waals surface area contributed by atoms with Crippen LogP contribution in [0, 0.1) is 0 Å². The maximum atomic E-state index is 10.5. The third-order valence-corrected chi connectivity index (χ3v) is 5.86. The van der Waals surface area contributed by atoms with Crippen LogP contribution in [0.2, 0.25) is 5.02 Å². The molecule has 2 fully saturated rings. The molecule has 5 rings (SSSR count). The monoisotopic (exact) mass is 430 g/mol. The molecule has 3 aromatic heterocycles. The number of pyridine rings is 1. The summed E-state index contributed by atoms with van der Waals surface area (Å²) in [5, 5.41) is 19.7. The Morgan fingerprint density at radius 3 is 2.77 bits per heavy atom. The first-order chi connectivity index (χ1) is 14.5. The van der Waals surface area contributed by atoms with E-state index < -0.39 is 5.60 Å². The highest BCUT2D eigenvalue weighted by Gasteiger charge is 2.34. The van der Waals surface area contributed by atoms with Gasteiger partial charge in [0.1, 0.15) is 0 Å². The van der Waals surface area contributed by atoms with Gasteiger partial charge in [-0.05, 0) is 25.5 Å². The number of aromatic nitrogens is 6. The molecule has 158 valence electrons. The minimum absolute atomic E-state index is 0.354. The zero-order chi connectivity index (χ0) is 20.7. The lowest BCUT2D eigenvalue weighted by Gasteiger charge is -2.28. The SMILES string of the molecule is C[C@]1(O)CCN(c2nc(N3CCOCC3)nc3c2nnn3Cc2ncccc2Cl)C1. The molecule has 0 aliphatic carbocycles. The minimum atomic E-state index is -0.756. The molecule has 0 unspecified atom stereocenters. The molecule has 2 aliphatic rings. The molecule has 2 aliphatic heterocycles. The van der Waals surface area contributed by atoms with E-state index in [1.807, 2.05) is 6.92 Å². The first kappa shape index (κ1) is 19.4. The fraction of sp³-hybridized carbons (Fsp3) is 0.526. The number of halogens is 1. The summed E-state index contributed by atoms with van der Waals surface area (Å²) < 4.78 is 7.17. The van der Waals surface area contributed by atoms with Crippen LogP contribution in [0.1, 0.15) is 19.0 Å². The molecular weight excluding hydrogens is 408 g/mol. The summed E-state index contributed by atoms with van der Waals surface area (Å²) in [6, 6.07) is 3.59. The van der Waals surface area contributed by atoms with Crippen LogP contribution in [-0.2, 0) is 11.3 Å². The number of anilines is 2. The highest BCUT2D eigenvalue weighted by Crippen LogP contribution is 2.31. The minimum Gasteiger partial charge on any atom is -0.388 e. The molecule has 3 aromatic rings. The van der Waals surface area contributed by atoms with Crippen molar-refractivity contribution >= 4 is 34.5 Å². The van der Waals surface area contributed by atoms with Gasteiger partial charge in [0.2, 0.25) is 5.95 Å². The Hall–Kier alpha value is -2.56. The Bertz CT molecular complexity index is 1070. The number of ether oxygens (including phenoxy) is 1. The van der Waals surface area contributed by atoms with Crippen LogP contribution in [0.3, 0.4) is 0 Å². The number of rotatable bonds is 4. The number of hydrogen-bond donors (Lipinski definition) is 1. The molecule has 10 nitrogen and oxygen atoms in total. The third-order valence-electron chi connectivity index (χ3n) is 5.51. The molecule has 0 bridgehead atoms. The van der Waals surface area contributed by atoms with E-state index in [-0.39, 0.29) is 0 Å². The van der Waals surface area contributed by atoms with Gasteiger partial charge in [-0.1, -0.05) is 16.8 Å². The van der Waals surface area contributed by atoms with Crippen LogP contribution >= 0.6 is 11.6 Å². The molecule has 0 aromatic carbocycles. The van der Waals surface area contributed by atoms with Crippen molar-refractivity contribution in [2.45, 2.75) is 25.5 Å². The molecule has 0 radical (unpaired) electrons. The normalized spacial score (nSPS) is 22.2. The topological polar surface area (TPSA) is 105 Å². The highest BCUT2D eigenvalue weighted by atomic mass is 35.5. The van der Waals surface area contributed by atoms with Gasteiger partial charge in [-0.25, -0.2) is 4.68 Å². The molecule has 0 spiro atoms. The van der Waals surface area contributed by atoms with E-state index >= 15 is 0 Å². The number of nitrogens with zero attached hydrogens (tertiary/aromatic N) is 8. The molecule has 11 heteroatoms. The summed E-state index contributed by atoms with van der Waals surface area (Å²) in [5.41, 5.74) is 1.17. The average molecular weight is 431 g/mol. The molecule has 1 N–H and O–H groups in total. The van der Waals surface area contributed by atoms with E-state index in [0.29, 0.717) is 72.9 Å². The standard InChI is InChI=1S/C19H23ClN8O2/c1-19(29)4-6-27(12-19)16-15-17(23-18(22-16)26-7-9-30-10-8-26)28(25-24-15)11-14-13(20)3-2-5-21-14/h2-3,5,29H,4,6-12H2,1H3/t19-/m0/s1. The molecule has 30 heavy (non-hydrogen) atoms. The summed E-state index contributed by atoms with van der Waals surface area (Å²) in [6.07, 6.45) is 2.37. The van der Waals surface area contributed by atoms with Crippen molar-refractivity contribution < 1.29 is 9.84 Å². The van der Waals surface area contributed by atoms with Crippen LogP contribution in [0.25, 0.3) is 11.2 Å². The summed E-state index contributed by atoms with van der Waals surface area (Å²) in [5.74, 6) is 1.31. The molecule has 5 heterocycles. The smallest absolute Gasteiger partial charge is 0.229 e. The Morgan fingerprint density at radius 1 is 1.20 bits per heavy atom. The summed E-state index contributed by atoms with van der Waals surface area (Å²) in [7, 11) is 0. The maximum absolute atomic E-state index is 10.5. The molecule has 0 saturated carbocycles. The van der Waals surface area contributed by atoms with Crippen molar-refractivity contribution in [3.63, 3.8) is 0 Å². The lowest BCUT2D eigenvalue weighted by molar-refractivity contribution is 0.0839. The zero-order valence-electron chi connectivity index (χ0n) is 16.7. The second kappa shape index (κ2) is 7.60. The van der Waals surface area contributed by atoms with Gasteiger partial charge >= 0.3 is 0 Å². The van der Waals surface area contributed by atoms with Crippen molar-refractivity contribution in [3.8, 4) is 0 Å². The van der Waals surface area contributed by atoms with E-state index in [1.54, 1.807) is 23.0 Å². The second-order valence-corrected chi connectivity index (χ2v) is 8.37. The molecule has 0 amide bonds. The van der Waals surface area contributed by atoms with Gasteiger partial charge in [0.15, 0.2) is 17.0 Å². The summed E-state index contributed by atoms with van der Waals surface area (Å²) in [6.45, 7) is 6.08. The maximum Gasteiger partial charge on any atom is 0.229 e. The Morgan fingerprint density at radius 2 is 2.03 bits per heavy atom. The number of β-amino-alcohol motifs (C(OH)–C–C–N with tert-alkyl or cyclic N) is 1. The molecular formula is C19H23ClN8O2. The Labute approximate surface area is 178 Å². The number of morpholine rings is 1. The van der Waals surface area contributed by atoms with E-state index in [1.165, 1.54) is 0 Å². The van der Waals surface area contributed by atoms with Gasteiger partial charge in [0.25, 0.3) is 0 Å². The van der Waals surface area contributed by atoms with Crippen molar-refractivity contribution in [2.75, 3.05) is 49.2 Å². The number of hydrogen-bond acceptors (Lipinski definition) is 9. The largest absolute Gasteiger partial charge is 0.388 e. The van der Waals surface area contributed by atoms with Gasteiger partial charge in [0, 0.05) is 32.4 Å². The van der Waals surface area contributed by atoms with Gasteiger partial charge < -0.3 is 19.6 Å². The lowest BCUT2D eigenvalue weighted by atomic mass is 10.1. The average Bonchev–Trinajstić information content (AvgIpc) is 3.32. The lowest BCUT2D eigenvalue weighted by Crippen LogP contribution is -2.38. The van der Waals surface area contributed by atoms with E-state index in [2.05, 4.69) is 25.1 Å². The Balaban J connectivity index is 1.59. The van der Waals surface area contributed by atoms with Gasteiger partial charge in [-0.15, -0.1) is 5.10 Å². The van der Waals surface area contributed by atoms with Crippen LogP contribution < -0.4 is 9.80 Å². The third kappa shape index (κ3) is 3.66. The van der Waals surface area contributed by atoms with Crippen LogP contribution in [0.5, 0.6) is 0 Å². The first-order valence-electron chi connectivity index (χ1n) is 10.0. The first-order valence-corrected chi connectivity index (χ1v) is 10.4. The van der Waals surface area contributed by atoms with Gasteiger partial charge in [0.05, 0.1) is 36.1 Å². The van der Waals surface area contributed by atoms with Crippen LogP contribution in [-0.4, -0.2) is 80.0 Å². The molecule has 2 saturated heterocycles. The summed E-state index contributed by atoms with van der Waals surface area (Å²) >= 11 is 6.30. The second-order valence-electron chi connectivity index (χ2n) is 7.97. The predicted octanol–water partition coefficient (Wildman–Crippen LogP) is 1.12. The van der Waals surface area contributed by atoms with Crippen molar-refractivity contribution in [2.24, 2.45) is 0 Å². The Kier molecular flexibility index (Phi) is 4.92. The van der Waals surface area contributed by atoms with Crippen molar-refractivity contribution in [3.05, 3.63) is 29.0 Å². The number of aliphatic hydroxyl groups is 1. The highest BCUT2D eigenvalue weighted by molar-refractivity contribution is 6.31. The van der Waals surface area contributed by atoms with Crippen molar-refractivity contribution in [1.29, 1.82) is 0 Å². The van der Waals surface area contributed by atoms with Gasteiger partial charge in [-0.2, -0.15) is 9.97 Å². The molecule has 1 atom stereocenters. The number of fused-ring (bicyclic) bond motifs is 1. The van der Waals surface area contributed by atoms with Crippen LogP contribution in [0.4, 0.5) is 11.8 Å². The van der Waals surface area contributed by atoms with E-state index in [0.717, 1.165) is 13.1 Å². The summed E-state index contributed by atoms with van der Waals surface area (Å²) in [4.78, 5) is 18.1. The van der Waals surface area contributed by atoms with E-state index in [4.69, 9.17) is 26.3 Å². The quantitative estimate of drug-likeness (QED) is 0.651. The van der Waals surface area contributed by atoms with Crippen LogP contribution in [0.15, 0.2) is 18.3 Å². The van der Waals surface area contributed by atoms with Gasteiger partial charge in [-0.3, -0.25) is 4.98 Å².